The molecule has 82 valence electrons. The molecule has 3 rings (SSSR count). The Morgan fingerprint density at radius 3 is 2.73 bits per heavy atom. The highest BCUT2D eigenvalue weighted by Crippen LogP contribution is 2.38. The normalized spacial score (nSPS) is 23.2. The van der Waals surface area contributed by atoms with E-state index in [9.17, 15) is 0 Å². The Balaban J connectivity index is 1.60. The van der Waals surface area contributed by atoms with Gasteiger partial charge in [-0.25, -0.2) is 0 Å². The average molecular weight is 207 g/mol. The van der Waals surface area contributed by atoms with Crippen molar-refractivity contribution < 1.29 is 4.52 Å². The maximum Gasteiger partial charge on any atom is 0.229 e. The molecular weight excluding hydrogens is 190 g/mol. The lowest BCUT2D eigenvalue weighted by Crippen LogP contribution is -2.28. The van der Waals surface area contributed by atoms with Gasteiger partial charge in [-0.3, -0.25) is 0 Å². The second-order valence-corrected chi connectivity index (χ2v) is 4.72. The van der Waals surface area contributed by atoms with Crippen LogP contribution < -0.4 is 5.32 Å². The van der Waals surface area contributed by atoms with Gasteiger partial charge < -0.3 is 9.84 Å². The van der Waals surface area contributed by atoms with Crippen molar-refractivity contribution in [3.05, 3.63) is 11.7 Å². The van der Waals surface area contributed by atoms with Crippen LogP contribution in [0.4, 0.5) is 0 Å². The standard InChI is InChI=1S/C11H17N3O/c1-2-9(1)11-13-10(14-15-11)7-8-3-5-12-6-4-8/h8-9,12H,1-7H2. The van der Waals surface area contributed by atoms with Crippen LogP contribution in [0.3, 0.4) is 0 Å². The summed E-state index contributed by atoms with van der Waals surface area (Å²) < 4.78 is 5.25. The fourth-order valence-corrected chi connectivity index (χ4v) is 2.19. The molecule has 0 spiro atoms. The molecule has 1 aliphatic heterocycles. The smallest absolute Gasteiger partial charge is 0.229 e. The molecule has 1 saturated carbocycles. The van der Waals surface area contributed by atoms with Crippen LogP contribution in [0.2, 0.25) is 0 Å². The van der Waals surface area contributed by atoms with Crippen molar-refractivity contribution in [3.63, 3.8) is 0 Å². The van der Waals surface area contributed by atoms with Crippen molar-refractivity contribution in [1.82, 2.24) is 15.5 Å². The second kappa shape index (κ2) is 3.93. The van der Waals surface area contributed by atoms with E-state index in [1.807, 2.05) is 0 Å². The number of piperidine rings is 1. The molecule has 1 saturated heterocycles. The molecule has 0 aromatic carbocycles. The van der Waals surface area contributed by atoms with Gasteiger partial charge in [-0.15, -0.1) is 0 Å². The number of hydrogen-bond donors (Lipinski definition) is 1. The van der Waals surface area contributed by atoms with Crippen LogP contribution in [0.25, 0.3) is 0 Å². The Morgan fingerprint density at radius 1 is 1.20 bits per heavy atom. The summed E-state index contributed by atoms with van der Waals surface area (Å²) in [5, 5.41) is 7.43. The molecule has 2 fully saturated rings. The van der Waals surface area contributed by atoms with Gasteiger partial charge >= 0.3 is 0 Å². The minimum Gasteiger partial charge on any atom is -0.339 e. The fraction of sp³-hybridized carbons (Fsp3) is 0.818. The average Bonchev–Trinajstić information content (AvgIpc) is 3.02. The van der Waals surface area contributed by atoms with E-state index < -0.39 is 0 Å². The van der Waals surface area contributed by atoms with Crippen LogP contribution in [0, 0.1) is 5.92 Å². The van der Waals surface area contributed by atoms with Crippen molar-refractivity contribution >= 4 is 0 Å². The van der Waals surface area contributed by atoms with E-state index in [-0.39, 0.29) is 0 Å². The first kappa shape index (κ1) is 9.33. The van der Waals surface area contributed by atoms with Gasteiger partial charge in [0, 0.05) is 12.3 Å². The number of nitrogens with one attached hydrogen (secondary N) is 1. The topological polar surface area (TPSA) is 51.0 Å². The third kappa shape index (κ3) is 2.20. The molecule has 1 aliphatic carbocycles. The first-order valence-corrected chi connectivity index (χ1v) is 5.95. The molecule has 0 radical (unpaired) electrons. The highest BCUT2D eigenvalue weighted by molar-refractivity contribution is 5.02. The molecule has 0 atom stereocenters. The molecule has 2 heterocycles. The Hall–Kier alpha value is -0.900. The summed E-state index contributed by atoms with van der Waals surface area (Å²) >= 11 is 0. The van der Waals surface area contributed by atoms with Crippen molar-refractivity contribution in [2.45, 2.75) is 38.0 Å². The van der Waals surface area contributed by atoms with Crippen LogP contribution in [0.15, 0.2) is 4.52 Å². The summed E-state index contributed by atoms with van der Waals surface area (Å²) in [6.45, 7) is 2.27. The fourth-order valence-electron chi connectivity index (χ4n) is 2.19. The van der Waals surface area contributed by atoms with E-state index in [4.69, 9.17) is 4.52 Å². The molecule has 2 aliphatic rings. The molecule has 15 heavy (non-hydrogen) atoms. The highest BCUT2D eigenvalue weighted by atomic mass is 16.5. The number of hydrogen-bond acceptors (Lipinski definition) is 4. The molecule has 1 aromatic rings. The highest BCUT2D eigenvalue weighted by Gasteiger charge is 2.29. The predicted molar refractivity (Wildman–Crippen MR) is 55.6 cm³/mol. The van der Waals surface area contributed by atoms with E-state index >= 15 is 0 Å². The van der Waals surface area contributed by atoms with Crippen LogP contribution >= 0.6 is 0 Å². The molecule has 4 nitrogen and oxygen atoms in total. The minimum atomic E-state index is 0.583. The summed E-state index contributed by atoms with van der Waals surface area (Å²) in [5.41, 5.74) is 0. The molecule has 0 unspecified atom stereocenters. The number of nitrogens with zero attached hydrogens (tertiary/aromatic N) is 2. The van der Waals surface area contributed by atoms with E-state index in [1.165, 1.54) is 25.7 Å². The lowest BCUT2D eigenvalue weighted by molar-refractivity contribution is 0.347. The van der Waals surface area contributed by atoms with Crippen molar-refractivity contribution in [1.29, 1.82) is 0 Å². The Morgan fingerprint density at radius 2 is 2.00 bits per heavy atom. The quantitative estimate of drug-likeness (QED) is 0.815. The molecule has 0 bridgehead atoms. The number of rotatable bonds is 3. The Bertz CT molecular complexity index is 326. The largest absolute Gasteiger partial charge is 0.339 e. The minimum absolute atomic E-state index is 0.583. The van der Waals surface area contributed by atoms with Gasteiger partial charge in [0.25, 0.3) is 0 Å². The van der Waals surface area contributed by atoms with Gasteiger partial charge in [0.1, 0.15) is 0 Å². The van der Waals surface area contributed by atoms with Crippen molar-refractivity contribution in [2.24, 2.45) is 5.92 Å². The van der Waals surface area contributed by atoms with Crippen LogP contribution in [0.1, 0.15) is 43.3 Å². The van der Waals surface area contributed by atoms with Gasteiger partial charge in [-0.2, -0.15) is 4.98 Å². The van der Waals surface area contributed by atoms with Gasteiger partial charge in [0.2, 0.25) is 5.89 Å². The third-order valence-electron chi connectivity index (χ3n) is 3.34. The van der Waals surface area contributed by atoms with Crippen molar-refractivity contribution in [2.75, 3.05) is 13.1 Å². The van der Waals surface area contributed by atoms with Gasteiger partial charge in [-0.05, 0) is 44.7 Å². The zero-order valence-corrected chi connectivity index (χ0v) is 8.91. The number of aromatic nitrogens is 2. The molecular formula is C11H17N3O. The SMILES string of the molecule is C1CC(Cc2noc(C3CC3)n2)CCN1. The molecule has 1 aromatic heterocycles. The lowest BCUT2D eigenvalue weighted by atomic mass is 9.94. The maximum atomic E-state index is 5.25. The zero-order valence-electron chi connectivity index (χ0n) is 8.91. The third-order valence-corrected chi connectivity index (χ3v) is 3.34. The van der Waals surface area contributed by atoms with E-state index in [2.05, 4.69) is 15.5 Å². The Labute approximate surface area is 89.4 Å². The first-order valence-electron chi connectivity index (χ1n) is 5.95. The zero-order chi connectivity index (χ0) is 10.1. The first-order chi connectivity index (χ1) is 7.42. The van der Waals surface area contributed by atoms with Crippen LogP contribution in [-0.2, 0) is 6.42 Å². The van der Waals surface area contributed by atoms with Crippen LogP contribution in [0.5, 0.6) is 0 Å². The summed E-state index contributed by atoms with van der Waals surface area (Å²) in [6, 6.07) is 0. The summed E-state index contributed by atoms with van der Waals surface area (Å²) in [7, 11) is 0. The summed E-state index contributed by atoms with van der Waals surface area (Å²) in [6.07, 6.45) is 5.95. The molecule has 4 heteroatoms. The van der Waals surface area contributed by atoms with Gasteiger partial charge in [0.05, 0.1) is 0 Å². The second-order valence-electron chi connectivity index (χ2n) is 4.72. The lowest BCUT2D eigenvalue weighted by Gasteiger charge is -2.20. The predicted octanol–water partition coefficient (Wildman–Crippen LogP) is 1.49. The van der Waals surface area contributed by atoms with E-state index in [0.29, 0.717) is 5.92 Å². The van der Waals surface area contributed by atoms with E-state index in [1.54, 1.807) is 0 Å². The van der Waals surface area contributed by atoms with E-state index in [0.717, 1.165) is 37.1 Å². The summed E-state index contributed by atoms with van der Waals surface area (Å²) in [5.74, 6) is 3.12. The van der Waals surface area contributed by atoms with Crippen LogP contribution in [-0.4, -0.2) is 23.2 Å². The van der Waals surface area contributed by atoms with Gasteiger partial charge in [0.15, 0.2) is 5.82 Å². The molecule has 0 amide bonds. The van der Waals surface area contributed by atoms with Gasteiger partial charge in [-0.1, -0.05) is 5.16 Å². The van der Waals surface area contributed by atoms with Crippen molar-refractivity contribution in [3.8, 4) is 0 Å². The summed E-state index contributed by atoms with van der Waals surface area (Å²) in [4.78, 5) is 4.47. The Kier molecular flexibility index (Phi) is 2.44. The maximum absolute atomic E-state index is 5.25. The monoisotopic (exact) mass is 207 g/mol. The molecule has 1 N–H and O–H groups in total.